The Hall–Kier alpha value is -7.49. The van der Waals surface area contributed by atoms with Crippen molar-refractivity contribution < 1.29 is 0 Å². The first-order valence-corrected chi connectivity index (χ1v) is 19.0. The molecule has 11 rings (SSSR count). The molecule has 56 heavy (non-hydrogen) atoms. The van der Waals surface area contributed by atoms with Crippen molar-refractivity contribution in [3.8, 4) is 89.5 Å². The lowest BCUT2D eigenvalue weighted by atomic mass is 9.82. The zero-order chi connectivity index (χ0) is 37.0. The minimum atomic E-state index is 0.699. The number of hydrogen-bond donors (Lipinski definition) is 0. The molecular formula is C53H33N3. The Morgan fingerprint density at radius 2 is 0.821 bits per heavy atom. The van der Waals surface area contributed by atoms with E-state index in [2.05, 4.69) is 169 Å². The monoisotopic (exact) mass is 711 g/mol. The largest absolute Gasteiger partial charge is 0.264 e. The van der Waals surface area contributed by atoms with Gasteiger partial charge in [-0.25, -0.2) is 9.97 Å². The second kappa shape index (κ2) is 13.1. The van der Waals surface area contributed by atoms with Crippen molar-refractivity contribution in [3.05, 3.63) is 200 Å². The van der Waals surface area contributed by atoms with Crippen LogP contribution in [0.3, 0.4) is 0 Å². The lowest BCUT2D eigenvalue weighted by Gasteiger charge is -2.20. The predicted octanol–water partition coefficient (Wildman–Crippen LogP) is 13.8. The molecule has 2 heterocycles. The first-order chi connectivity index (χ1) is 27.8. The molecule has 0 bridgehead atoms. The third kappa shape index (κ3) is 5.17. The highest BCUT2D eigenvalue weighted by Gasteiger charge is 2.31. The van der Waals surface area contributed by atoms with Gasteiger partial charge in [0.1, 0.15) is 0 Å². The van der Waals surface area contributed by atoms with E-state index in [0.717, 1.165) is 39.2 Å². The van der Waals surface area contributed by atoms with Crippen molar-refractivity contribution in [2.75, 3.05) is 0 Å². The standard InChI is InChI=1S/C53H33N3/c1-4-14-36(15-5-1)48-42-21-10-11-22-43(42)49(37-16-6-2-7-17-37)52-45-30-29-40(41-23-12-24-44(50(41)45)51(48)52)47-32-46(55-53(56-47)38-18-8-3-9-19-38)35-27-25-34(26-28-35)39-20-13-31-54-33-39/h1-33H. The fourth-order valence-electron chi connectivity index (χ4n) is 8.65. The van der Waals surface area contributed by atoms with Gasteiger partial charge in [-0.3, -0.25) is 4.98 Å². The molecule has 0 radical (unpaired) electrons. The van der Waals surface area contributed by atoms with E-state index in [1.165, 1.54) is 66.1 Å². The van der Waals surface area contributed by atoms with Crippen LogP contribution in [0.4, 0.5) is 0 Å². The summed E-state index contributed by atoms with van der Waals surface area (Å²) in [5, 5.41) is 4.94. The van der Waals surface area contributed by atoms with Crippen LogP contribution in [0.15, 0.2) is 200 Å². The van der Waals surface area contributed by atoms with Gasteiger partial charge >= 0.3 is 0 Å². The first kappa shape index (κ1) is 32.0. The molecule has 0 spiro atoms. The van der Waals surface area contributed by atoms with Gasteiger partial charge in [0, 0.05) is 29.1 Å². The normalized spacial score (nSPS) is 11.6. The summed E-state index contributed by atoms with van der Waals surface area (Å²) in [5.74, 6) is 0.699. The molecule has 2 aromatic heterocycles. The molecule has 1 aliphatic carbocycles. The van der Waals surface area contributed by atoms with Gasteiger partial charge in [0.2, 0.25) is 0 Å². The minimum Gasteiger partial charge on any atom is -0.264 e. The summed E-state index contributed by atoms with van der Waals surface area (Å²) in [6.45, 7) is 0. The summed E-state index contributed by atoms with van der Waals surface area (Å²) in [6.07, 6.45) is 3.70. The molecule has 0 amide bonds. The molecule has 260 valence electrons. The third-order valence-corrected chi connectivity index (χ3v) is 11.1. The van der Waals surface area contributed by atoms with Gasteiger partial charge in [-0.05, 0) is 89.3 Å². The summed E-state index contributed by atoms with van der Waals surface area (Å²) in [4.78, 5) is 14.8. The van der Waals surface area contributed by atoms with Gasteiger partial charge in [-0.2, -0.15) is 0 Å². The number of nitrogens with zero attached hydrogens (tertiary/aromatic N) is 3. The van der Waals surface area contributed by atoms with Crippen LogP contribution in [0.1, 0.15) is 0 Å². The number of pyridine rings is 1. The summed E-state index contributed by atoms with van der Waals surface area (Å²) in [6, 6.07) is 67.1. The molecule has 0 N–H and O–H groups in total. The van der Waals surface area contributed by atoms with E-state index in [1.54, 1.807) is 6.20 Å². The Morgan fingerprint density at radius 3 is 1.45 bits per heavy atom. The highest BCUT2D eigenvalue weighted by atomic mass is 14.9. The Balaban J connectivity index is 1.17. The molecular weight excluding hydrogens is 679 g/mol. The fraction of sp³-hybridized carbons (Fsp3) is 0. The van der Waals surface area contributed by atoms with E-state index in [0.29, 0.717) is 5.82 Å². The molecule has 0 fully saturated rings. The molecule has 0 saturated carbocycles. The van der Waals surface area contributed by atoms with Crippen LogP contribution in [0, 0.1) is 0 Å². The summed E-state index contributed by atoms with van der Waals surface area (Å²) in [7, 11) is 0. The van der Waals surface area contributed by atoms with Crippen molar-refractivity contribution in [1.29, 1.82) is 0 Å². The van der Waals surface area contributed by atoms with Crippen LogP contribution in [-0.2, 0) is 0 Å². The van der Waals surface area contributed by atoms with Crippen molar-refractivity contribution in [1.82, 2.24) is 15.0 Å². The smallest absolute Gasteiger partial charge is 0.160 e. The second-order valence-corrected chi connectivity index (χ2v) is 14.3. The summed E-state index contributed by atoms with van der Waals surface area (Å²) < 4.78 is 0. The van der Waals surface area contributed by atoms with Gasteiger partial charge in [-0.1, -0.05) is 176 Å². The van der Waals surface area contributed by atoms with Crippen LogP contribution in [0.5, 0.6) is 0 Å². The minimum absolute atomic E-state index is 0.699. The van der Waals surface area contributed by atoms with Crippen LogP contribution in [-0.4, -0.2) is 15.0 Å². The van der Waals surface area contributed by atoms with E-state index in [1.807, 2.05) is 30.5 Å². The lowest BCUT2D eigenvalue weighted by Crippen LogP contribution is -1.96. The molecule has 0 unspecified atom stereocenters. The van der Waals surface area contributed by atoms with E-state index in [4.69, 9.17) is 9.97 Å². The van der Waals surface area contributed by atoms with Gasteiger partial charge in [-0.15, -0.1) is 0 Å². The van der Waals surface area contributed by atoms with Crippen molar-refractivity contribution >= 4 is 21.5 Å². The Bertz CT molecular complexity index is 2990. The number of aromatic nitrogens is 3. The van der Waals surface area contributed by atoms with Crippen LogP contribution >= 0.6 is 0 Å². The Morgan fingerprint density at radius 1 is 0.304 bits per heavy atom. The van der Waals surface area contributed by atoms with Crippen LogP contribution < -0.4 is 0 Å². The van der Waals surface area contributed by atoms with Gasteiger partial charge in [0.15, 0.2) is 5.82 Å². The number of hydrogen-bond acceptors (Lipinski definition) is 3. The van der Waals surface area contributed by atoms with Crippen molar-refractivity contribution in [2.45, 2.75) is 0 Å². The summed E-state index contributed by atoms with van der Waals surface area (Å²) in [5.41, 5.74) is 17.1. The molecule has 8 aromatic carbocycles. The zero-order valence-electron chi connectivity index (χ0n) is 30.4. The molecule has 3 nitrogen and oxygen atoms in total. The second-order valence-electron chi connectivity index (χ2n) is 14.3. The van der Waals surface area contributed by atoms with Gasteiger partial charge in [0.25, 0.3) is 0 Å². The van der Waals surface area contributed by atoms with E-state index in [-0.39, 0.29) is 0 Å². The van der Waals surface area contributed by atoms with E-state index >= 15 is 0 Å². The zero-order valence-corrected chi connectivity index (χ0v) is 30.4. The average molecular weight is 712 g/mol. The highest BCUT2D eigenvalue weighted by Crippen LogP contribution is 2.58. The van der Waals surface area contributed by atoms with Crippen molar-refractivity contribution in [2.24, 2.45) is 0 Å². The van der Waals surface area contributed by atoms with Gasteiger partial charge < -0.3 is 0 Å². The number of fused-ring (bicyclic) bond motifs is 4. The topological polar surface area (TPSA) is 38.7 Å². The maximum absolute atomic E-state index is 5.30. The fourth-order valence-corrected chi connectivity index (χ4v) is 8.65. The molecule has 1 aliphatic rings. The van der Waals surface area contributed by atoms with E-state index < -0.39 is 0 Å². The Labute approximate surface area is 325 Å². The first-order valence-electron chi connectivity index (χ1n) is 19.0. The van der Waals surface area contributed by atoms with Crippen molar-refractivity contribution in [3.63, 3.8) is 0 Å². The third-order valence-electron chi connectivity index (χ3n) is 11.1. The number of rotatable bonds is 6. The molecule has 0 saturated heterocycles. The molecule has 0 atom stereocenters. The molecule has 10 aromatic rings. The number of benzene rings is 8. The predicted molar refractivity (Wildman–Crippen MR) is 232 cm³/mol. The maximum atomic E-state index is 5.30. The average Bonchev–Trinajstić information content (AvgIpc) is 3.61. The maximum Gasteiger partial charge on any atom is 0.160 e. The van der Waals surface area contributed by atoms with E-state index in [9.17, 15) is 0 Å². The van der Waals surface area contributed by atoms with Crippen LogP contribution in [0.25, 0.3) is 111 Å². The quantitative estimate of drug-likeness (QED) is 0.172. The van der Waals surface area contributed by atoms with Gasteiger partial charge in [0.05, 0.1) is 11.4 Å². The SMILES string of the molecule is c1ccc(-c2nc(-c3ccc(-c4cccnc4)cc3)cc(-c3ccc4c5c(cccc35)-c3c-4c(-c4ccccc4)c4ccccc4c3-c3ccccc3)n2)cc1. The molecule has 3 heteroatoms. The van der Waals surface area contributed by atoms with Crippen LogP contribution in [0.2, 0.25) is 0 Å². The highest BCUT2D eigenvalue weighted by molar-refractivity contribution is 6.28. The Kier molecular flexibility index (Phi) is 7.49. The lowest BCUT2D eigenvalue weighted by molar-refractivity contribution is 1.18. The summed E-state index contributed by atoms with van der Waals surface area (Å²) >= 11 is 0. The molecule has 0 aliphatic heterocycles.